The van der Waals surface area contributed by atoms with Gasteiger partial charge >= 0.3 is 0 Å². The molecule has 0 spiro atoms. The number of carbonyl (C=O) groups is 1. The number of amides is 1. The smallest absolute Gasteiger partial charge is 0.224 e. The van der Waals surface area contributed by atoms with Gasteiger partial charge in [-0.3, -0.25) is 9.89 Å². The van der Waals surface area contributed by atoms with Gasteiger partial charge in [0.05, 0.1) is 6.42 Å². The highest BCUT2D eigenvalue weighted by molar-refractivity contribution is 6.31. The quantitative estimate of drug-likeness (QED) is 0.800. The van der Waals surface area contributed by atoms with E-state index in [1.807, 2.05) is 0 Å². The molecule has 7 heteroatoms. The highest BCUT2D eigenvalue weighted by atomic mass is 35.5. The summed E-state index contributed by atoms with van der Waals surface area (Å²) in [6.07, 6.45) is 2.80. The Labute approximate surface area is 120 Å². The fourth-order valence-corrected chi connectivity index (χ4v) is 1.99. The summed E-state index contributed by atoms with van der Waals surface area (Å²) in [7, 11) is 0. The van der Waals surface area contributed by atoms with Crippen LogP contribution >= 0.6 is 11.6 Å². The molecule has 2 aromatic rings. The van der Waals surface area contributed by atoms with Crippen molar-refractivity contribution in [1.82, 2.24) is 20.5 Å². The van der Waals surface area contributed by atoms with E-state index in [9.17, 15) is 9.18 Å². The molecule has 2 rings (SSSR count). The molecule has 1 amide bonds. The average Bonchev–Trinajstić information content (AvgIpc) is 2.92. The van der Waals surface area contributed by atoms with Gasteiger partial charge in [-0.2, -0.15) is 5.10 Å². The van der Waals surface area contributed by atoms with E-state index in [4.69, 9.17) is 11.6 Å². The second-order valence-electron chi connectivity index (χ2n) is 4.26. The van der Waals surface area contributed by atoms with Gasteiger partial charge in [0.1, 0.15) is 18.0 Å². The van der Waals surface area contributed by atoms with Crippen LogP contribution in [0.25, 0.3) is 0 Å². The molecule has 1 heterocycles. The molecule has 20 heavy (non-hydrogen) atoms. The van der Waals surface area contributed by atoms with Gasteiger partial charge in [-0.05, 0) is 18.6 Å². The summed E-state index contributed by atoms with van der Waals surface area (Å²) in [6.45, 7) is 0.492. The first-order valence-corrected chi connectivity index (χ1v) is 6.58. The third kappa shape index (κ3) is 4.03. The van der Waals surface area contributed by atoms with E-state index in [0.717, 1.165) is 12.2 Å². The van der Waals surface area contributed by atoms with E-state index >= 15 is 0 Å². The topological polar surface area (TPSA) is 70.7 Å². The number of aromatic nitrogens is 3. The molecular formula is C13H14ClFN4O. The fraction of sp³-hybridized carbons (Fsp3) is 0.308. The first-order valence-electron chi connectivity index (χ1n) is 6.20. The van der Waals surface area contributed by atoms with Crippen LogP contribution in [0.3, 0.4) is 0 Å². The largest absolute Gasteiger partial charge is 0.356 e. The molecule has 5 nitrogen and oxygen atoms in total. The van der Waals surface area contributed by atoms with Crippen LogP contribution in [0.4, 0.5) is 4.39 Å². The van der Waals surface area contributed by atoms with Crippen LogP contribution in [-0.2, 0) is 17.6 Å². The van der Waals surface area contributed by atoms with E-state index in [1.54, 1.807) is 6.07 Å². The molecule has 0 saturated carbocycles. The van der Waals surface area contributed by atoms with Gasteiger partial charge in [0, 0.05) is 23.6 Å². The normalized spacial score (nSPS) is 10.5. The van der Waals surface area contributed by atoms with Crippen molar-refractivity contribution in [2.24, 2.45) is 0 Å². The summed E-state index contributed by atoms with van der Waals surface area (Å²) in [6, 6.07) is 4.37. The third-order valence-electron chi connectivity index (χ3n) is 2.78. The first kappa shape index (κ1) is 14.5. The lowest BCUT2D eigenvalue weighted by atomic mass is 10.1. The van der Waals surface area contributed by atoms with Crippen LogP contribution in [0.1, 0.15) is 17.8 Å². The Morgan fingerprint density at radius 3 is 3.00 bits per heavy atom. The van der Waals surface area contributed by atoms with Crippen molar-refractivity contribution in [3.63, 3.8) is 0 Å². The third-order valence-corrected chi connectivity index (χ3v) is 3.13. The van der Waals surface area contributed by atoms with Crippen molar-refractivity contribution in [1.29, 1.82) is 0 Å². The van der Waals surface area contributed by atoms with Gasteiger partial charge in [-0.1, -0.05) is 17.7 Å². The van der Waals surface area contributed by atoms with Gasteiger partial charge in [-0.25, -0.2) is 9.37 Å². The van der Waals surface area contributed by atoms with E-state index in [1.165, 1.54) is 18.5 Å². The zero-order valence-electron chi connectivity index (χ0n) is 10.7. The average molecular weight is 297 g/mol. The van der Waals surface area contributed by atoms with E-state index in [0.29, 0.717) is 13.0 Å². The number of aryl methyl sites for hydroxylation is 1. The van der Waals surface area contributed by atoms with Crippen molar-refractivity contribution >= 4 is 17.5 Å². The molecule has 1 aromatic carbocycles. The molecule has 0 atom stereocenters. The fourth-order valence-electron chi connectivity index (χ4n) is 1.76. The number of benzene rings is 1. The van der Waals surface area contributed by atoms with E-state index in [2.05, 4.69) is 20.5 Å². The number of hydrogen-bond acceptors (Lipinski definition) is 3. The van der Waals surface area contributed by atoms with Crippen LogP contribution in [0.5, 0.6) is 0 Å². The minimum atomic E-state index is -0.464. The van der Waals surface area contributed by atoms with Crippen molar-refractivity contribution < 1.29 is 9.18 Å². The number of H-pyrrole nitrogens is 1. The van der Waals surface area contributed by atoms with Gasteiger partial charge in [0.15, 0.2) is 0 Å². The molecular weight excluding hydrogens is 283 g/mol. The predicted molar refractivity (Wildman–Crippen MR) is 72.8 cm³/mol. The second-order valence-corrected chi connectivity index (χ2v) is 4.67. The van der Waals surface area contributed by atoms with Crippen LogP contribution in [-0.4, -0.2) is 27.6 Å². The first-order chi connectivity index (χ1) is 9.66. The standard InChI is InChI=1S/C13H14ClFN4O/c14-10-3-1-4-11(15)9(10)7-13(20)16-6-2-5-12-17-8-18-19-12/h1,3-4,8H,2,5-7H2,(H,16,20)(H,17,18,19). The Kier molecular flexibility index (Phi) is 5.06. The Balaban J connectivity index is 1.75. The zero-order valence-corrected chi connectivity index (χ0v) is 11.5. The number of nitrogens with one attached hydrogen (secondary N) is 2. The number of nitrogens with zero attached hydrogens (tertiary/aromatic N) is 2. The van der Waals surface area contributed by atoms with Crippen molar-refractivity contribution in [3.8, 4) is 0 Å². The van der Waals surface area contributed by atoms with Crippen molar-refractivity contribution in [2.45, 2.75) is 19.3 Å². The maximum absolute atomic E-state index is 13.5. The Hall–Kier alpha value is -1.95. The highest BCUT2D eigenvalue weighted by Crippen LogP contribution is 2.19. The number of aromatic amines is 1. The van der Waals surface area contributed by atoms with Gasteiger partial charge in [0.25, 0.3) is 0 Å². The Bertz CT molecular complexity index is 554. The summed E-state index contributed by atoms with van der Waals surface area (Å²) in [5.41, 5.74) is 0.224. The summed E-state index contributed by atoms with van der Waals surface area (Å²) < 4.78 is 13.5. The van der Waals surface area contributed by atoms with Crippen molar-refractivity contribution in [3.05, 3.63) is 46.8 Å². The SMILES string of the molecule is O=C(Cc1c(F)cccc1Cl)NCCCc1ncn[nH]1. The minimum Gasteiger partial charge on any atom is -0.356 e. The summed E-state index contributed by atoms with van der Waals surface area (Å²) in [5.74, 6) is 0.0558. The maximum Gasteiger partial charge on any atom is 0.224 e. The molecule has 0 saturated heterocycles. The monoisotopic (exact) mass is 296 g/mol. The lowest BCUT2D eigenvalue weighted by Gasteiger charge is -2.07. The summed E-state index contributed by atoms with van der Waals surface area (Å²) >= 11 is 5.86. The molecule has 2 N–H and O–H groups in total. The number of carbonyl (C=O) groups excluding carboxylic acids is 1. The second kappa shape index (κ2) is 7.00. The van der Waals surface area contributed by atoms with Crippen LogP contribution < -0.4 is 5.32 Å². The molecule has 0 fully saturated rings. The minimum absolute atomic E-state index is 0.0617. The lowest BCUT2D eigenvalue weighted by Crippen LogP contribution is -2.27. The summed E-state index contributed by atoms with van der Waals surface area (Å²) in [5, 5.41) is 9.46. The molecule has 0 aliphatic carbocycles. The van der Waals surface area contributed by atoms with E-state index in [-0.39, 0.29) is 22.9 Å². The van der Waals surface area contributed by atoms with Crippen LogP contribution in [0.15, 0.2) is 24.5 Å². The maximum atomic E-state index is 13.5. The van der Waals surface area contributed by atoms with Gasteiger partial charge in [0.2, 0.25) is 5.91 Å². The lowest BCUT2D eigenvalue weighted by molar-refractivity contribution is -0.120. The molecule has 0 bridgehead atoms. The summed E-state index contributed by atoms with van der Waals surface area (Å²) in [4.78, 5) is 15.7. The van der Waals surface area contributed by atoms with Gasteiger partial charge in [-0.15, -0.1) is 0 Å². The molecule has 0 radical (unpaired) electrons. The Morgan fingerprint density at radius 1 is 1.45 bits per heavy atom. The Morgan fingerprint density at radius 2 is 2.30 bits per heavy atom. The molecule has 0 unspecified atom stereocenters. The van der Waals surface area contributed by atoms with E-state index < -0.39 is 5.82 Å². The highest BCUT2D eigenvalue weighted by Gasteiger charge is 2.11. The predicted octanol–water partition coefficient (Wildman–Crippen LogP) is 1.89. The molecule has 0 aliphatic heterocycles. The number of hydrogen-bond donors (Lipinski definition) is 2. The molecule has 0 aliphatic rings. The van der Waals surface area contributed by atoms with Crippen LogP contribution in [0.2, 0.25) is 5.02 Å². The molecule has 106 valence electrons. The number of halogens is 2. The zero-order chi connectivity index (χ0) is 14.4. The van der Waals surface area contributed by atoms with Crippen molar-refractivity contribution in [2.75, 3.05) is 6.54 Å². The van der Waals surface area contributed by atoms with Gasteiger partial charge < -0.3 is 5.32 Å². The number of rotatable bonds is 6. The van der Waals surface area contributed by atoms with Crippen LogP contribution in [0, 0.1) is 5.82 Å². The molecule has 1 aromatic heterocycles.